The fourth-order valence-corrected chi connectivity index (χ4v) is 3.44. The predicted molar refractivity (Wildman–Crippen MR) is 75.9 cm³/mol. The van der Waals surface area contributed by atoms with Gasteiger partial charge >= 0.3 is 0 Å². The molecule has 2 aliphatic heterocycles. The Hall–Kier alpha value is -0.120. The minimum Gasteiger partial charge on any atom is -0.380 e. The Morgan fingerprint density at radius 2 is 2.22 bits per heavy atom. The Morgan fingerprint density at radius 3 is 2.78 bits per heavy atom. The Bertz CT molecular complexity index is 261. The van der Waals surface area contributed by atoms with Crippen molar-refractivity contribution in [3.63, 3.8) is 0 Å². The molecule has 0 spiro atoms. The van der Waals surface area contributed by atoms with E-state index in [1.807, 2.05) is 0 Å². The number of piperazine rings is 1. The van der Waals surface area contributed by atoms with Gasteiger partial charge in [0.1, 0.15) is 0 Å². The molecule has 0 saturated carbocycles. The van der Waals surface area contributed by atoms with Gasteiger partial charge in [-0.15, -0.1) is 0 Å². The van der Waals surface area contributed by atoms with E-state index in [0.717, 1.165) is 19.8 Å². The summed E-state index contributed by atoms with van der Waals surface area (Å²) in [6, 6.07) is 1.30. The molecule has 0 aromatic heterocycles. The molecule has 0 aliphatic carbocycles. The lowest BCUT2D eigenvalue weighted by molar-refractivity contribution is -0.0747. The topological polar surface area (TPSA) is 24.5 Å². The van der Waals surface area contributed by atoms with Crippen molar-refractivity contribution in [3.05, 3.63) is 0 Å². The molecule has 0 bridgehead atoms. The summed E-state index contributed by atoms with van der Waals surface area (Å²) in [4.78, 5) is 2.74. The zero-order chi connectivity index (χ0) is 13.2. The van der Waals surface area contributed by atoms with Crippen LogP contribution >= 0.6 is 0 Å². The minimum atomic E-state index is 0.258. The van der Waals surface area contributed by atoms with E-state index in [1.165, 1.54) is 25.8 Å². The van der Waals surface area contributed by atoms with Gasteiger partial charge in [0.05, 0.1) is 6.61 Å². The third-order valence-corrected chi connectivity index (χ3v) is 4.84. The zero-order valence-electron chi connectivity index (χ0n) is 12.5. The van der Waals surface area contributed by atoms with Crippen molar-refractivity contribution in [1.29, 1.82) is 0 Å². The van der Waals surface area contributed by atoms with Gasteiger partial charge in [0.2, 0.25) is 0 Å². The molecule has 3 nitrogen and oxygen atoms in total. The predicted octanol–water partition coefficient (Wildman–Crippen LogP) is 2.26. The van der Waals surface area contributed by atoms with E-state index in [4.69, 9.17) is 4.74 Å². The van der Waals surface area contributed by atoms with Crippen molar-refractivity contribution in [2.45, 2.75) is 64.6 Å². The average Bonchev–Trinajstić information content (AvgIpc) is 2.38. The largest absolute Gasteiger partial charge is 0.380 e. The highest BCUT2D eigenvalue weighted by atomic mass is 16.5. The lowest BCUT2D eigenvalue weighted by Gasteiger charge is -2.52. The van der Waals surface area contributed by atoms with Crippen LogP contribution < -0.4 is 5.32 Å². The van der Waals surface area contributed by atoms with Crippen LogP contribution in [0.2, 0.25) is 0 Å². The quantitative estimate of drug-likeness (QED) is 0.836. The second kappa shape index (κ2) is 5.89. The Balaban J connectivity index is 2.09. The normalized spacial score (nSPS) is 39.2. The van der Waals surface area contributed by atoms with E-state index in [9.17, 15) is 0 Å². The van der Waals surface area contributed by atoms with Gasteiger partial charge in [-0.05, 0) is 32.1 Å². The number of rotatable bonds is 3. The fraction of sp³-hybridized carbons (Fsp3) is 1.00. The van der Waals surface area contributed by atoms with E-state index in [1.54, 1.807) is 0 Å². The van der Waals surface area contributed by atoms with Gasteiger partial charge in [0, 0.05) is 37.3 Å². The van der Waals surface area contributed by atoms with E-state index < -0.39 is 0 Å². The van der Waals surface area contributed by atoms with Crippen LogP contribution in [-0.4, -0.2) is 48.8 Å². The van der Waals surface area contributed by atoms with E-state index >= 15 is 0 Å². The summed E-state index contributed by atoms with van der Waals surface area (Å²) < 4.78 is 5.76. The van der Waals surface area contributed by atoms with Crippen LogP contribution in [0.15, 0.2) is 0 Å². The van der Waals surface area contributed by atoms with Crippen molar-refractivity contribution in [2.24, 2.45) is 5.92 Å². The number of hydrogen-bond donors (Lipinski definition) is 1. The van der Waals surface area contributed by atoms with Gasteiger partial charge in [-0.25, -0.2) is 0 Å². The zero-order valence-corrected chi connectivity index (χ0v) is 12.5. The first kappa shape index (κ1) is 14.3. The second-order valence-corrected chi connectivity index (χ2v) is 6.63. The molecule has 2 aliphatic rings. The summed E-state index contributed by atoms with van der Waals surface area (Å²) >= 11 is 0. The fourth-order valence-electron chi connectivity index (χ4n) is 3.44. The molecule has 106 valence electrons. The van der Waals surface area contributed by atoms with Crippen LogP contribution in [-0.2, 0) is 4.74 Å². The maximum absolute atomic E-state index is 5.76. The molecular formula is C15H30N2O. The van der Waals surface area contributed by atoms with Crippen LogP contribution in [0.3, 0.4) is 0 Å². The number of nitrogens with one attached hydrogen (secondary N) is 1. The lowest BCUT2D eigenvalue weighted by atomic mass is 9.87. The summed E-state index contributed by atoms with van der Waals surface area (Å²) in [6.07, 6.45) is 3.73. The number of nitrogens with zero attached hydrogens (tertiary/aromatic N) is 1. The van der Waals surface area contributed by atoms with E-state index in [2.05, 4.69) is 37.9 Å². The monoisotopic (exact) mass is 254 g/mol. The molecule has 3 unspecified atom stereocenters. The summed E-state index contributed by atoms with van der Waals surface area (Å²) in [5.41, 5.74) is 0.258. The van der Waals surface area contributed by atoms with Crippen LogP contribution in [0.5, 0.6) is 0 Å². The summed E-state index contributed by atoms with van der Waals surface area (Å²) in [6.45, 7) is 13.5. The second-order valence-electron chi connectivity index (χ2n) is 6.63. The first-order valence-electron chi connectivity index (χ1n) is 7.64. The van der Waals surface area contributed by atoms with Gasteiger partial charge in [-0.1, -0.05) is 20.8 Å². The first-order chi connectivity index (χ1) is 8.57. The van der Waals surface area contributed by atoms with E-state index in [0.29, 0.717) is 18.0 Å². The highest BCUT2D eigenvalue weighted by Crippen LogP contribution is 2.31. The van der Waals surface area contributed by atoms with Crippen molar-refractivity contribution in [2.75, 3.05) is 26.3 Å². The molecular weight excluding hydrogens is 224 g/mol. The molecule has 3 heteroatoms. The molecule has 2 heterocycles. The molecule has 0 amide bonds. The smallest absolute Gasteiger partial charge is 0.0647 e. The molecule has 0 aromatic rings. The molecule has 0 radical (unpaired) electrons. The first-order valence-corrected chi connectivity index (χ1v) is 7.64. The third kappa shape index (κ3) is 2.89. The van der Waals surface area contributed by atoms with Gasteiger partial charge in [0.15, 0.2) is 0 Å². The molecule has 18 heavy (non-hydrogen) atoms. The molecule has 0 aromatic carbocycles. The third-order valence-electron chi connectivity index (χ3n) is 4.84. The van der Waals surface area contributed by atoms with Crippen molar-refractivity contribution in [3.8, 4) is 0 Å². The lowest BCUT2D eigenvalue weighted by Crippen LogP contribution is -2.66. The van der Waals surface area contributed by atoms with Gasteiger partial charge in [-0.3, -0.25) is 4.90 Å². The van der Waals surface area contributed by atoms with Crippen LogP contribution in [0.4, 0.5) is 0 Å². The van der Waals surface area contributed by atoms with Gasteiger partial charge < -0.3 is 10.1 Å². The number of ether oxygens (including phenoxy) is 1. The average molecular weight is 254 g/mol. The standard InChI is InChI=1S/C15H30N2O/c1-5-13-9-16-14(12(2)3)10-17(13)15(4)7-6-8-18-11-15/h12-14,16H,5-11H2,1-4H3. The maximum atomic E-state index is 5.76. The van der Waals surface area contributed by atoms with Crippen molar-refractivity contribution in [1.82, 2.24) is 10.2 Å². The minimum absolute atomic E-state index is 0.258. The van der Waals surface area contributed by atoms with Crippen LogP contribution in [0.1, 0.15) is 47.0 Å². The Morgan fingerprint density at radius 1 is 1.44 bits per heavy atom. The molecule has 3 atom stereocenters. The Kier molecular flexibility index (Phi) is 4.68. The van der Waals surface area contributed by atoms with Gasteiger partial charge in [0.25, 0.3) is 0 Å². The highest BCUT2D eigenvalue weighted by Gasteiger charge is 2.41. The SMILES string of the molecule is CCC1CNC(C(C)C)CN1C1(C)CCCOC1. The van der Waals surface area contributed by atoms with Crippen molar-refractivity contribution < 1.29 is 4.74 Å². The Labute approximate surface area is 112 Å². The summed E-state index contributed by atoms with van der Waals surface area (Å²) in [7, 11) is 0. The maximum Gasteiger partial charge on any atom is 0.0647 e. The summed E-state index contributed by atoms with van der Waals surface area (Å²) in [5.74, 6) is 0.707. The van der Waals surface area contributed by atoms with E-state index in [-0.39, 0.29) is 5.54 Å². The summed E-state index contributed by atoms with van der Waals surface area (Å²) in [5, 5.41) is 3.72. The molecule has 1 N–H and O–H groups in total. The van der Waals surface area contributed by atoms with Gasteiger partial charge in [-0.2, -0.15) is 0 Å². The highest BCUT2D eigenvalue weighted by molar-refractivity contribution is 4.97. The molecule has 2 fully saturated rings. The molecule has 2 rings (SSSR count). The van der Waals surface area contributed by atoms with Crippen LogP contribution in [0.25, 0.3) is 0 Å². The van der Waals surface area contributed by atoms with Crippen molar-refractivity contribution >= 4 is 0 Å². The van der Waals surface area contributed by atoms with Crippen LogP contribution in [0, 0.1) is 5.92 Å². The number of hydrogen-bond acceptors (Lipinski definition) is 3. The molecule has 2 saturated heterocycles.